The van der Waals surface area contributed by atoms with Crippen molar-refractivity contribution in [1.82, 2.24) is 14.7 Å². The summed E-state index contributed by atoms with van der Waals surface area (Å²) in [5, 5.41) is 16.3. The second-order valence-corrected chi connectivity index (χ2v) is 10.7. The Hall–Kier alpha value is -3.55. The molecule has 0 radical (unpaired) electrons. The smallest absolute Gasteiger partial charge is 0.305 e. The normalized spacial score (nSPS) is 17.7. The van der Waals surface area contributed by atoms with Crippen LogP contribution in [0.4, 0.5) is 5.82 Å². The van der Waals surface area contributed by atoms with Gasteiger partial charge in [0, 0.05) is 29.4 Å². The Balaban J connectivity index is 1.45. The highest BCUT2D eigenvalue weighted by Crippen LogP contribution is 2.33. The molecule has 1 atom stereocenters. The van der Waals surface area contributed by atoms with E-state index in [1.807, 2.05) is 34.9 Å². The van der Waals surface area contributed by atoms with Gasteiger partial charge in [-0.1, -0.05) is 38.5 Å². The number of anilines is 1. The number of nitrogens with zero attached hydrogens (tertiary/aromatic N) is 2. The van der Waals surface area contributed by atoms with E-state index in [0.29, 0.717) is 17.3 Å². The molecule has 8 heteroatoms. The van der Waals surface area contributed by atoms with Crippen LogP contribution < -0.4 is 15.4 Å². The van der Waals surface area contributed by atoms with E-state index in [1.165, 1.54) is 25.7 Å². The minimum atomic E-state index is -0.882. The van der Waals surface area contributed by atoms with Gasteiger partial charge in [-0.2, -0.15) is 0 Å². The summed E-state index contributed by atoms with van der Waals surface area (Å²) in [6, 6.07) is 11.5. The first kappa shape index (κ1) is 26.1. The lowest BCUT2D eigenvalue weighted by molar-refractivity contribution is -0.137. The van der Waals surface area contributed by atoms with E-state index >= 15 is 0 Å². The monoisotopic (exact) mass is 518 g/mol. The van der Waals surface area contributed by atoms with E-state index in [0.717, 1.165) is 61.3 Å². The maximum absolute atomic E-state index is 13.3. The molecule has 38 heavy (non-hydrogen) atoms. The molecule has 8 nitrogen and oxygen atoms in total. The SMILES string of the molecule is COc1ccc(-c2nc3cc(C(=O)NC(CC(=O)O)C4CCCCC4)ccn3c2NC2CCCCC2)cc1. The predicted octanol–water partition coefficient (Wildman–Crippen LogP) is 5.91. The fourth-order valence-corrected chi connectivity index (χ4v) is 6.03. The molecule has 1 aromatic carbocycles. The molecule has 2 aliphatic carbocycles. The van der Waals surface area contributed by atoms with E-state index in [1.54, 1.807) is 19.2 Å². The Morgan fingerprint density at radius 3 is 2.37 bits per heavy atom. The summed E-state index contributed by atoms with van der Waals surface area (Å²) >= 11 is 0. The molecule has 3 N–H and O–H groups in total. The van der Waals surface area contributed by atoms with Gasteiger partial charge in [-0.25, -0.2) is 4.98 Å². The first-order valence-corrected chi connectivity index (χ1v) is 14.0. The van der Waals surface area contributed by atoms with Gasteiger partial charge in [-0.05, 0) is 68.0 Å². The summed E-state index contributed by atoms with van der Waals surface area (Å²) in [5.41, 5.74) is 2.97. The number of aliphatic carboxylic acids is 1. The summed E-state index contributed by atoms with van der Waals surface area (Å²) < 4.78 is 7.35. The van der Waals surface area contributed by atoms with Crippen LogP contribution in [0.1, 0.15) is 81.0 Å². The van der Waals surface area contributed by atoms with E-state index in [-0.39, 0.29) is 24.3 Å². The van der Waals surface area contributed by atoms with Crippen molar-refractivity contribution in [1.29, 1.82) is 0 Å². The molecular formula is C30H38N4O4. The highest BCUT2D eigenvalue weighted by atomic mass is 16.5. The van der Waals surface area contributed by atoms with Crippen molar-refractivity contribution in [3.63, 3.8) is 0 Å². The Labute approximate surface area is 223 Å². The van der Waals surface area contributed by atoms with Crippen molar-refractivity contribution in [2.45, 2.75) is 82.7 Å². The maximum atomic E-state index is 13.3. The number of carbonyl (C=O) groups excluding carboxylic acids is 1. The summed E-state index contributed by atoms with van der Waals surface area (Å²) in [6.07, 6.45) is 13.1. The van der Waals surface area contributed by atoms with Crippen LogP contribution in [0.25, 0.3) is 16.9 Å². The molecule has 0 aliphatic heterocycles. The van der Waals surface area contributed by atoms with E-state index in [9.17, 15) is 14.7 Å². The largest absolute Gasteiger partial charge is 0.497 e. The van der Waals surface area contributed by atoms with Gasteiger partial charge in [0.2, 0.25) is 0 Å². The number of hydrogen-bond donors (Lipinski definition) is 3. The molecule has 0 saturated heterocycles. The van der Waals surface area contributed by atoms with Crippen LogP contribution in [-0.4, -0.2) is 45.6 Å². The van der Waals surface area contributed by atoms with Crippen LogP contribution in [-0.2, 0) is 4.79 Å². The maximum Gasteiger partial charge on any atom is 0.305 e. The van der Waals surface area contributed by atoms with Crippen molar-refractivity contribution in [2.24, 2.45) is 5.92 Å². The molecule has 202 valence electrons. The summed E-state index contributed by atoms with van der Waals surface area (Å²) in [4.78, 5) is 29.8. The van der Waals surface area contributed by atoms with Gasteiger partial charge in [0.05, 0.1) is 13.5 Å². The number of amides is 1. The number of benzene rings is 1. The van der Waals surface area contributed by atoms with Crippen LogP contribution >= 0.6 is 0 Å². The third kappa shape index (κ3) is 5.95. The molecule has 3 aromatic rings. The topological polar surface area (TPSA) is 105 Å². The lowest BCUT2D eigenvalue weighted by atomic mass is 9.82. The number of fused-ring (bicyclic) bond motifs is 1. The molecule has 0 spiro atoms. The number of carboxylic acids is 1. The molecule has 1 unspecified atom stereocenters. The van der Waals surface area contributed by atoms with Crippen molar-refractivity contribution < 1.29 is 19.4 Å². The Kier molecular flexibility index (Phi) is 8.15. The zero-order valence-electron chi connectivity index (χ0n) is 22.1. The number of rotatable bonds is 9. The number of imidazole rings is 1. The molecule has 2 aromatic heterocycles. The molecule has 2 fully saturated rings. The number of nitrogens with one attached hydrogen (secondary N) is 2. The molecule has 1 amide bonds. The van der Waals surface area contributed by atoms with Gasteiger partial charge in [0.25, 0.3) is 5.91 Å². The highest BCUT2D eigenvalue weighted by molar-refractivity contribution is 5.96. The molecule has 5 rings (SSSR count). The minimum Gasteiger partial charge on any atom is -0.497 e. The molecule has 2 saturated carbocycles. The number of carbonyl (C=O) groups is 2. The standard InChI is InChI=1S/C30H38N4O4/c1-38-24-14-12-21(13-15-24)28-29(31-23-10-6-3-7-11-23)34-17-16-22(18-26(34)33-28)30(37)32-25(19-27(35)36)20-8-4-2-5-9-20/h12-18,20,23,25,31H,2-11,19H2,1H3,(H,32,37)(H,35,36). The van der Waals surface area contributed by atoms with Gasteiger partial charge in [-0.15, -0.1) is 0 Å². The molecule has 0 bridgehead atoms. The summed E-state index contributed by atoms with van der Waals surface area (Å²) in [7, 11) is 1.65. The average molecular weight is 519 g/mol. The van der Waals surface area contributed by atoms with E-state index < -0.39 is 5.97 Å². The average Bonchev–Trinajstić information content (AvgIpc) is 3.31. The van der Waals surface area contributed by atoms with Gasteiger partial charge in [0.1, 0.15) is 22.9 Å². The van der Waals surface area contributed by atoms with Crippen molar-refractivity contribution in [3.8, 4) is 17.0 Å². The molecular weight excluding hydrogens is 480 g/mol. The van der Waals surface area contributed by atoms with E-state index in [4.69, 9.17) is 9.72 Å². The number of methoxy groups -OCH3 is 1. The highest BCUT2D eigenvalue weighted by Gasteiger charge is 2.28. The van der Waals surface area contributed by atoms with Crippen molar-refractivity contribution in [3.05, 3.63) is 48.2 Å². The third-order valence-corrected chi connectivity index (χ3v) is 8.13. The van der Waals surface area contributed by atoms with Crippen LogP contribution in [0.15, 0.2) is 42.6 Å². The van der Waals surface area contributed by atoms with Gasteiger partial charge in [0.15, 0.2) is 0 Å². The number of aromatic nitrogens is 2. The van der Waals surface area contributed by atoms with Crippen LogP contribution in [0.5, 0.6) is 5.75 Å². The Bertz CT molecular complexity index is 1260. The Morgan fingerprint density at radius 2 is 1.71 bits per heavy atom. The molecule has 2 heterocycles. The minimum absolute atomic E-state index is 0.0564. The van der Waals surface area contributed by atoms with Crippen LogP contribution in [0.2, 0.25) is 0 Å². The lowest BCUT2D eigenvalue weighted by Gasteiger charge is -2.30. The number of ether oxygens (including phenoxy) is 1. The first-order chi connectivity index (χ1) is 18.5. The number of hydrogen-bond acceptors (Lipinski definition) is 5. The predicted molar refractivity (Wildman–Crippen MR) is 148 cm³/mol. The third-order valence-electron chi connectivity index (χ3n) is 8.13. The second-order valence-electron chi connectivity index (χ2n) is 10.7. The Morgan fingerprint density at radius 1 is 1.03 bits per heavy atom. The zero-order valence-corrected chi connectivity index (χ0v) is 22.1. The van der Waals surface area contributed by atoms with E-state index in [2.05, 4.69) is 10.6 Å². The second kappa shape index (κ2) is 11.9. The van der Waals surface area contributed by atoms with Crippen molar-refractivity contribution >= 4 is 23.3 Å². The summed E-state index contributed by atoms with van der Waals surface area (Å²) in [6.45, 7) is 0. The van der Waals surface area contributed by atoms with Crippen molar-refractivity contribution in [2.75, 3.05) is 12.4 Å². The lowest BCUT2D eigenvalue weighted by Crippen LogP contribution is -2.42. The fourth-order valence-electron chi connectivity index (χ4n) is 6.03. The van der Waals surface area contributed by atoms with Gasteiger partial charge < -0.3 is 20.5 Å². The molecule has 2 aliphatic rings. The number of pyridine rings is 1. The quantitative estimate of drug-likeness (QED) is 0.325. The zero-order chi connectivity index (χ0) is 26.5. The summed E-state index contributed by atoms with van der Waals surface area (Å²) in [5.74, 6) is 0.779. The van der Waals surface area contributed by atoms with Crippen LogP contribution in [0.3, 0.4) is 0 Å². The number of carboxylic acid groups (broad SMARTS) is 1. The van der Waals surface area contributed by atoms with Crippen LogP contribution in [0, 0.1) is 5.92 Å². The van der Waals surface area contributed by atoms with Gasteiger partial charge in [-0.3, -0.25) is 14.0 Å². The fraction of sp³-hybridized carbons (Fsp3) is 0.500. The van der Waals surface area contributed by atoms with Gasteiger partial charge >= 0.3 is 5.97 Å². The first-order valence-electron chi connectivity index (χ1n) is 14.0.